The second-order valence-corrected chi connectivity index (χ2v) is 6.22. The number of nitrogens with zero attached hydrogens (tertiary/aromatic N) is 1. The van der Waals surface area contributed by atoms with Crippen LogP contribution in [0.2, 0.25) is 0 Å². The first-order valence-corrected chi connectivity index (χ1v) is 7.33. The zero-order chi connectivity index (χ0) is 15.6. The number of carbonyl (C=O) groups excluding carboxylic acids is 1. The zero-order valence-electron chi connectivity index (χ0n) is 11.2. The first-order chi connectivity index (χ1) is 9.88. The van der Waals surface area contributed by atoms with Crippen molar-refractivity contribution >= 4 is 29.4 Å². The molecule has 1 atom stereocenters. The average Bonchev–Trinajstić information content (AvgIpc) is 2.41. The highest BCUT2D eigenvalue weighted by Gasteiger charge is 2.23. The van der Waals surface area contributed by atoms with Crippen molar-refractivity contribution in [3.05, 3.63) is 29.3 Å². The Morgan fingerprint density at radius 2 is 2.10 bits per heavy atom. The minimum absolute atomic E-state index is 0.275. The number of aromatic carboxylic acids is 1. The maximum absolute atomic E-state index is 13.6. The first-order valence-electron chi connectivity index (χ1n) is 6.28. The van der Waals surface area contributed by atoms with Crippen LogP contribution in [0.3, 0.4) is 0 Å². The van der Waals surface area contributed by atoms with Gasteiger partial charge in [0.2, 0.25) is 0 Å². The van der Waals surface area contributed by atoms with Crippen molar-refractivity contribution in [1.82, 2.24) is 4.90 Å². The summed E-state index contributed by atoms with van der Waals surface area (Å²) < 4.78 is 26.9. The fourth-order valence-electron chi connectivity index (χ4n) is 2.01. The lowest BCUT2D eigenvalue weighted by Gasteiger charge is -2.30. The molecular formula is C13H14F2N2O3S. The number of urea groups is 1. The molecule has 0 aliphatic carbocycles. The van der Waals surface area contributed by atoms with Crippen molar-refractivity contribution in [2.24, 2.45) is 0 Å². The third kappa shape index (κ3) is 3.63. The highest BCUT2D eigenvalue weighted by molar-refractivity contribution is 7.99. The Bertz CT molecular complexity index is 583. The maximum atomic E-state index is 13.6. The number of halogens is 2. The highest BCUT2D eigenvalue weighted by Crippen LogP contribution is 2.22. The molecule has 21 heavy (non-hydrogen) atoms. The lowest BCUT2D eigenvalue weighted by Crippen LogP contribution is -2.43. The average molecular weight is 316 g/mol. The Morgan fingerprint density at radius 3 is 2.71 bits per heavy atom. The number of nitrogens with one attached hydrogen (secondary N) is 1. The van der Waals surface area contributed by atoms with Crippen LogP contribution in [0.15, 0.2) is 12.1 Å². The van der Waals surface area contributed by atoms with Gasteiger partial charge in [0, 0.05) is 30.2 Å². The molecule has 1 saturated heterocycles. The van der Waals surface area contributed by atoms with E-state index < -0.39 is 29.2 Å². The van der Waals surface area contributed by atoms with Gasteiger partial charge in [-0.15, -0.1) is 0 Å². The number of carboxylic acids is 1. The van der Waals surface area contributed by atoms with E-state index in [1.54, 1.807) is 11.8 Å². The molecule has 0 aromatic heterocycles. The van der Waals surface area contributed by atoms with Gasteiger partial charge in [0.05, 0.1) is 11.3 Å². The molecular weight excluding hydrogens is 302 g/mol. The Hall–Kier alpha value is -1.83. The third-order valence-corrected chi connectivity index (χ3v) is 4.19. The molecule has 8 heteroatoms. The van der Waals surface area contributed by atoms with Gasteiger partial charge in [0.25, 0.3) is 0 Å². The summed E-state index contributed by atoms with van der Waals surface area (Å²) in [7, 11) is 0. The van der Waals surface area contributed by atoms with E-state index in [-0.39, 0.29) is 10.9 Å². The van der Waals surface area contributed by atoms with Crippen LogP contribution in [0.5, 0.6) is 0 Å². The van der Waals surface area contributed by atoms with Crippen LogP contribution in [0.25, 0.3) is 0 Å². The van der Waals surface area contributed by atoms with Crippen LogP contribution in [-0.4, -0.2) is 46.1 Å². The Morgan fingerprint density at radius 1 is 1.38 bits per heavy atom. The topological polar surface area (TPSA) is 69.6 Å². The molecule has 1 heterocycles. The number of hydrogen-bond acceptors (Lipinski definition) is 3. The number of rotatable bonds is 2. The van der Waals surface area contributed by atoms with Gasteiger partial charge >= 0.3 is 12.0 Å². The molecule has 0 radical (unpaired) electrons. The van der Waals surface area contributed by atoms with Crippen molar-refractivity contribution in [3.8, 4) is 0 Å². The van der Waals surface area contributed by atoms with E-state index >= 15 is 0 Å². The van der Waals surface area contributed by atoms with Gasteiger partial charge in [-0.2, -0.15) is 11.8 Å². The predicted molar refractivity (Wildman–Crippen MR) is 75.8 cm³/mol. The first kappa shape index (κ1) is 15.6. The molecule has 0 bridgehead atoms. The molecule has 0 spiro atoms. The molecule has 1 aliphatic rings. The van der Waals surface area contributed by atoms with E-state index in [1.165, 1.54) is 4.90 Å². The minimum atomic E-state index is -1.52. The molecule has 114 valence electrons. The van der Waals surface area contributed by atoms with Crippen molar-refractivity contribution in [2.75, 3.05) is 24.2 Å². The quantitative estimate of drug-likeness (QED) is 0.880. The molecule has 1 aromatic rings. The lowest BCUT2D eigenvalue weighted by atomic mass is 10.2. The maximum Gasteiger partial charge on any atom is 0.338 e. The molecule has 1 aliphatic heterocycles. The van der Waals surface area contributed by atoms with Crippen LogP contribution in [0.4, 0.5) is 19.3 Å². The highest BCUT2D eigenvalue weighted by atomic mass is 32.2. The summed E-state index contributed by atoms with van der Waals surface area (Å²) >= 11 is 1.73. The molecule has 2 N–H and O–H groups in total. The normalized spacial score (nSPS) is 18.4. The van der Waals surface area contributed by atoms with Gasteiger partial charge in [-0.3, -0.25) is 0 Å². The van der Waals surface area contributed by atoms with Crippen molar-refractivity contribution in [1.29, 1.82) is 0 Å². The second kappa shape index (κ2) is 6.30. The zero-order valence-corrected chi connectivity index (χ0v) is 12.0. The number of carbonyl (C=O) groups is 2. The van der Waals surface area contributed by atoms with E-state index in [1.807, 2.05) is 6.92 Å². The summed E-state index contributed by atoms with van der Waals surface area (Å²) in [6.45, 7) is 3.02. The van der Waals surface area contributed by atoms with Gasteiger partial charge in [0.15, 0.2) is 0 Å². The van der Waals surface area contributed by atoms with E-state index in [2.05, 4.69) is 5.32 Å². The molecule has 2 amide bonds. The van der Waals surface area contributed by atoms with Crippen molar-refractivity contribution in [2.45, 2.75) is 12.2 Å². The van der Waals surface area contributed by atoms with Crippen LogP contribution in [0, 0.1) is 11.6 Å². The Kier molecular flexibility index (Phi) is 4.66. The van der Waals surface area contributed by atoms with Crippen LogP contribution in [0.1, 0.15) is 17.3 Å². The molecule has 5 nitrogen and oxygen atoms in total. The second-order valence-electron chi connectivity index (χ2n) is 4.67. The summed E-state index contributed by atoms with van der Waals surface area (Å²) in [5, 5.41) is 11.4. The monoisotopic (exact) mass is 316 g/mol. The Labute approximate surface area is 124 Å². The fraction of sp³-hybridized carbons (Fsp3) is 0.385. The molecule has 1 aromatic carbocycles. The molecule has 1 unspecified atom stereocenters. The summed E-state index contributed by atoms with van der Waals surface area (Å²) in [4.78, 5) is 24.4. The van der Waals surface area contributed by atoms with Crippen LogP contribution in [-0.2, 0) is 0 Å². The van der Waals surface area contributed by atoms with Gasteiger partial charge in [-0.05, 0) is 6.07 Å². The summed E-state index contributed by atoms with van der Waals surface area (Å²) in [5.74, 6) is -2.93. The number of thioether (sulfide) groups is 1. The summed E-state index contributed by atoms with van der Waals surface area (Å²) in [5.41, 5.74) is -1.03. The van der Waals surface area contributed by atoms with Gasteiger partial charge in [-0.25, -0.2) is 18.4 Å². The van der Waals surface area contributed by atoms with E-state index in [0.29, 0.717) is 19.2 Å². The third-order valence-electron chi connectivity index (χ3n) is 3.06. The Balaban J connectivity index is 2.17. The van der Waals surface area contributed by atoms with Gasteiger partial charge < -0.3 is 15.3 Å². The number of hydrogen-bond donors (Lipinski definition) is 2. The smallest absolute Gasteiger partial charge is 0.338 e. The number of anilines is 1. The standard InChI is InChI=1S/C13H14F2N2O3S/c1-7-6-17(2-3-21-7)13(20)16-11-4-8(12(18)19)9(14)5-10(11)15/h4-5,7H,2-3,6H2,1H3,(H,16,20)(H,18,19). The summed E-state index contributed by atoms with van der Waals surface area (Å²) in [6.07, 6.45) is 0. The number of amides is 2. The largest absolute Gasteiger partial charge is 0.478 e. The lowest BCUT2D eigenvalue weighted by molar-refractivity contribution is 0.0691. The van der Waals surface area contributed by atoms with Gasteiger partial charge in [-0.1, -0.05) is 6.92 Å². The van der Waals surface area contributed by atoms with Crippen molar-refractivity contribution < 1.29 is 23.5 Å². The van der Waals surface area contributed by atoms with Crippen molar-refractivity contribution in [3.63, 3.8) is 0 Å². The van der Waals surface area contributed by atoms with Crippen LogP contribution < -0.4 is 5.32 Å². The molecule has 1 fully saturated rings. The molecule has 0 saturated carbocycles. The van der Waals surface area contributed by atoms with E-state index in [0.717, 1.165) is 11.8 Å². The predicted octanol–water partition coefficient (Wildman–Crippen LogP) is 2.63. The SMILES string of the molecule is CC1CN(C(=O)Nc2cc(C(=O)O)c(F)cc2F)CCS1. The minimum Gasteiger partial charge on any atom is -0.478 e. The van der Waals surface area contributed by atoms with Gasteiger partial charge in [0.1, 0.15) is 11.6 Å². The van der Waals surface area contributed by atoms with E-state index in [4.69, 9.17) is 5.11 Å². The number of benzene rings is 1. The van der Waals surface area contributed by atoms with E-state index in [9.17, 15) is 18.4 Å². The summed E-state index contributed by atoms with van der Waals surface area (Å²) in [6, 6.07) is 0.713. The fourth-order valence-corrected chi connectivity index (χ4v) is 3.02. The molecule has 2 rings (SSSR count). The van der Waals surface area contributed by atoms with Crippen LogP contribution >= 0.6 is 11.8 Å². The number of carboxylic acid groups (broad SMARTS) is 1.